The van der Waals surface area contributed by atoms with Gasteiger partial charge in [-0.15, -0.1) is 0 Å². The van der Waals surface area contributed by atoms with Gasteiger partial charge >= 0.3 is 103 Å². The fraction of sp³-hybridized carbons (Fsp3) is 1.00. The summed E-state index contributed by atoms with van der Waals surface area (Å²) in [4.78, 5) is 19.8. The van der Waals surface area contributed by atoms with Gasteiger partial charge in [-0.05, 0) is 6.42 Å². The Morgan fingerprint density at radius 2 is 1.71 bits per heavy atom. The summed E-state index contributed by atoms with van der Waals surface area (Å²) in [6.07, 6.45) is 1.94. The average Bonchev–Trinajstić information content (AvgIpc) is 1.94. The maximum Gasteiger partial charge on any atom is 1.00 e. The van der Waals surface area contributed by atoms with Crippen LogP contribution in [0.4, 0.5) is 0 Å². The first-order chi connectivity index (χ1) is 5.56. The van der Waals surface area contributed by atoms with Gasteiger partial charge in [0, 0.05) is 6.61 Å². The number of unbranched alkanes of at least 4 members (excludes halogenated alkanes) is 1. The number of ether oxygens (including phenoxy) is 1. The van der Waals surface area contributed by atoms with Crippen LogP contribution in [0, 0.1) is 0 Å². The van der Waals surface area contributed by atoms with Gasteiger partial charge in [0.15, 0.2) is 0 Å². The van der Waals surface area contributed by atoms with Crippen LogP contribution in [0.25, 0.3) is 0 Å². The van der Waals surface area contributed by atoms with Crippen LogP contribution in [0.1, 0.15) is 19.8 Å². The van der Waals surface area contributed by atoms with Crippen LogP contribution < -0.4 is 113 Å². The molecule has 0 fully saturated rings. The van der Waals surface area contributed by atoms with Gasteiger partial charge in [-0.25, -0.2) is 0 Å². The second kappa shape index (κ2) is 14.4. The zero-order valence-electron chi connectivity index (χ0n) is 9.02. The number of hydrogen-bond acceptors (Lipinski definition) is 5. The number of phosphoric ester groups is 1. The molecule has 0 aromatic rings. The molecule has 8 heteroatoms. The molecule has 0 spiro atoms. The van der Waals surface area contributed by atoms with Crippen molar-refractivity contribution in [3.8, 4) is 0 Å². The van der Waals surface area contributed by atoms with Crippen molar-refractivity contribution < 1.29 is 126 Å². The van der Waals surface area contributed by atoms with E-state index >= 15 is 0 Å². The minimum Gasteiger partial charge on any atom is -0.790 e. The average molecular weight is 274 g/mol. The predicted molar refractivity (Wildman–Crippen MR) is 39.3 cm³/mol. The normalized spacial score (nSPS) is 10.2. The molecule has 0 bridgehead atoms. The Bertz CT molecular complexity index is 151. The third-order valence-corrected chi connectivity index (χ3v) is 1.62. The van der Waals surface area contributed by atoms with Crippen molar-refractivity contribution in [1.29, 1.82) is 0 Å². The van der Waals surface area contributed by atoms with Gasteiger partial charge in [-0.3, -0.25) is 0 Å². The van der Waals surface area contributed by atoms with Crippen LogP contribution >= 0.6 is 7.82 Å². The van der Waals surface area contributed by atoms with E-state index < -0.39 is 7.82 Å². The van der Waals surface area contributed by atoms with Crippen molar-refractivity contribution in [2.24, 2.45) is 0 Å². The zero-order valence-corrected chi connectivity index (χ0v) is 16.2. The Morgan fingerprint density at radius 3 is 2.14 bits per heavy atom. The summed E-state index contributed by atoms with van der Waals surface area (Å²) >= 11 is 0. The molecular formula is C6H13K2O5P. The molecule has 0 aromatic heterocycles. The first-order valence-corrected chi connectivity index (χ1v) is 5.26. The maximum atomic E-state index is 9.91. The minimum atomic E-state index is -4.80. The van der Waals surface area contributed by atoms with E-state index in [1.807, 2.05) is 6.92 Å². The van der Waals surface area contributed by atoms with E-state index in [-0.39, 0.29) is 116 Å². The van der Waals surface area contributed by atoms with Crippen LogP contribution in [-0.4, -0.2) is 19.8 Å². The van der Waals surface area contributed by atoms with E-state index in [4.69, 9.17) is 4.74 Å². The Kier molecular flexibility index (Phi) is 23.2. The summed E-state index contributed by atoms with van der Waals surface area (Å²) in [7, 11) is -4.80. The minimum absolute atomic E-state index is 0. The SMILES string of the molecule is CCCCOCCOP(=O)([O-])[O-].[K+].[K+]. The molecule has 0 amide bonds. The summed E-state index contributed by atoms with van der Waals surface area (Å²) < 4.78 is 18.8. The van der Waals surface area contributed by atoms with Crippen molar-refractivity contribution in [2.45, 2.75) is 19.8 Å². The molecule has 0 aliphatic carbocycles. The summed E-state index contributed by atoms with van der Waals surface area (Å²) in [5.74, 6) is 0. The smallest absolute Gasteiger partial charge is 0.790 e. The van der Waals surface area contributed by atoms with Gasteiger partial charge in [0.25, 0.3) is 0 Å². The third kappa shape index (κ3) is 20.7. The molecule has 0 aromatic carbocycles. The Labute approximate surface area is 170 Å². The summed E-state index contributed by atoms with van der Waals surface area (Å²) in [6.45, 7) is 2.55. The van der Waals surface area contributed by atoms with Gasteiger partial charge in [0.1, 0.15) is 0 Å². The Morgan fingerprint density at radius 1 is 1.14 bits per heavy atom. The predicted octanol–water partition coefficient (Wildman–Crippen LogP) is -6.34. The maximum absolute atomic E-state index is 9.91. The molecule has 0 atom stereocenters. The van der Waals surface area contributed by atoms with E-state index in [1.165, 1.54) is 0 Å². The molecule has 0 rings (SSSR count). The van der Waals surface area contributed by atoms with Gasteiger partial charge in [-0.1, -0.05) is 13.3 Å². The molecule has 0 N–H and O–H groups in total. The molecule has 0 unspecified atom stereocenters. The van der Waals surface area contributed by atoms with Crippen molar-refractivity contribution in [3.05, 3.63) is 0 Å². The van der Waals surface area contributed by atoms with E-state index in [0.29, 0.717) is 6.61 Å². The molecule has 0 aliphatic rings. The molecule has 0 heterocycles. The molecule has 0 aliphatic heterocycles. The molecule has 5 nitrogen and oxygen atoms in total. The standard InChI is InChI=1S/C6H15O5P.2K/c1-2-3-4-10-5-6-11-12(7,8)9;;/h2-6H2,1H3,(H2,7,8,9);;/q;2*+1/p-2. The summed E-state index contributed by atoms with van der Waals surface area (Å²) in [6, 6.07) is 0. The van der Waals surface area contributed by atoms with Crippen LogP contribution in [0.3, 0.4) is 0 Å². The molecular weight excluding hydrogens is 261 g/mol. The third-order valence-electron chi connectivity index (χ3n) is 1.12. The summed E-state index contributed by atoms with van der Waals surface area (Å²) in [5.41, 5.74) is 0. The molecule has 14 heavy (non-hydrogen) atoms. The quantitative estimate of drug-likeness (QED) is 0.262. The van der Waals surface area contributed by atoms with Crippen LogP contribution in [0.15, 0.2) is 0 Å². The van der Waals surface area contributed by atoms with E-state index in [9.17, 15) is 14.4 Å². The Balaban J connectivity index is -0.000000605. The fourth-order valence-corrected chi connectivity index (χ4v) is 0.855. The topological polar surface area (TPSA) is 81.7 Å². The number of phosphoric acid groups is 1. The second-order valence-electron chi connectivity index (χ2n) is 2.25. The molecule has 0 saturated heterocycles. The first-order valence-electron chi connectivity index (χ1n) is 3.80. The molecule has 0 saturated carbocycles. The number of rotatable bonds is 7. The van der Waals surface area contributed by atoms with Gasteiger partial charge in [0.2, 0.25) is 0 Å². The van der Waals surface area contributed by atoms with Gasteiger partial charge in [0.05, 0.1) is 21.0 Å². The van der Waals surface area contributed by atoms with Crippen molar-refractivity contribution >= 4 is 7.82 Å². The van der Waals surface area contributed by atoms with Crippen molar-refractivity contribution in [3.63, 3.8) is 0 Å². The first kappa shape index (κ1) is 22.5. The van der Waals surface area contributed by atoms with E-state index in [0.717, 1.165) is 12.8 Å². The molecule has 0 radical (unpaired) electrons. The second-order valence-corrected chi connectivity index (χ2v) is 3.40. The largest absolute Gasteiger partial charge is 1.00 e. The van der Waals surface area contributed by atoms with Crippen LogP contribution in [0.2, 0.25) is 0 Å². The zero-order chi connectivity index (χ0) is 9.45. The summed E-state index contributed by atoms with van der Waals surface area (Å²) in [5, 5.41) is 0. The van der Waals surface area contributed by atoms with Crippen molar-refractivity contribution in [1.82, 2.24) is 0 Å². The van der Waals surface area contributed by atoms with E-state index in [1.54, 1.807) is 0 Å². The van der Waals surface area contributed by atoms with Crippen molar-refractivity contribution in [2.75, 3.05) is 19.8 Å². The van der Waals surface area contributed by atoms with E-state index in [2.05, 4.69) is 4.52 Å². The molecule has 74 valence electrons. The Hall–Kier alpha value is 3.34. The van der Waals surface area contributed by atoms with Crippen LogP contribution in [-0.2, 0) is 13.8 Å². The van der Waals surface area contributed by atoms with Crippen LogP contribution in [0.5, 0.6) is 0 Å². The van der Waals surface area contributed by atoms with Gasteiger partial charge in [-0.2, -0.15) is 0 Å². The van der Waals surface area contributed by atoms with Gasteiger partial charge < -0.3 is 23.6 Å². The number of hydrogen-bond donors (Lipinski definition) is 0. The fourth-order valence-electron chi connectivity index (χ4n) is 0.556. The monoisotopic (exact) mass is 274 g/mol.